The number of esters is 1. The third kappa shape index (κ3) is 6.40. The van der Waals surface area contributed by atoms with Crippen molar-refractivity contribution in [1.29, 1.82) is 0 Å². The van der Waals surface area contributed by atoms with E-state index in [-0.39, 0.29) is 18.9 Å². The first-order valence-corrected chi connectivity index (χ1v) is 9.68. The molecule has 1 unspecified atom stereocenters. The second kappa shape index (κ2) is 11.1. The van der Waals surface area contributed by atoms with Gasteiger partial charge in [-0.3, -0.25) is 9.59 Å². The minimum absolute atomic E-state index is 0.0272. The molecule has 0 saturated heterocycles. The Hall–Kier alpha value is -3.22. The summed E-state index contributed by atoms with van der Waals surface area (Å²) in [7, 11) is 4.37. The van der Waals surface area contributed by atoms with Gasteiger partial charge < -0.3 is 24.3 Å². The normalized spacial score (nSPS) is 11.5. The second-order valence-corrected chi connectivity index (χ2v) is 7.03. The zero-order valence-electron chi connectivity index (χ0n) is 18.1. The Bertz CT molecular complexity index is 865. The summed E-state index contributed by atoms with van der Waals surface area (Å²) in [6, 6.07) is 12.2. The Balaban J connectivity index is 2.11. The fraction of sp³-hybridized carbons (Fsp3) is 0.391. The SMILES string of the molecule is COC(=O)CC(NC(=O)COc1cccc(C(C)C)c1)c1ccc(OC)c(OC)c1. The van der Waals surface area contributed by atoms with Crippen molar-refractivity contribution in [1.82, 2.24) is 5.32 Å². The first-order chi connectivity index (χ1) is 14.4. The van der Waals surface area contributed by atoms with Crippen LogP contribution in [0.5, 0.6) is 17.2 Å². The topological polar surface area (TPSA) is 83.1 Å². The van der Waals surface area contributed by atoms with Crippen LogP contribution in [-0.4, -0.2) is 39.8 Å². The average molecular weight is 415 g/mol. The molecule has 0 aliphatic heterocycles. The second-order valence-electron chi connectivity index (χ2n) is 7.03. The van der Waals surface area contributed by atoms with Gasteiger partial charge in [0.05, 0.1) is 33.8 Å². The number of carbonyl (C=O) groups excluding carboxylic acids is 2. The monoisotopic (exact) mass is 415 g/mol. The van der Waals surface area contributed by atoms with Crippen molar-refractivity contribution in [2.45, 2.75) is 32.2 Å². The van der Waals surface area contributed by atoms with Crippen LogP contribution in [0.1, 0.15) is 43.4 Å². The molecular formula is C23H29NO6. The van der Waals surface area contributed by atoms with Crippen LogP contribution in [0.25, 0.3) is 0 Å². The standard InChI is InChI=1S/C23H29NO6/c1-15(2)16-7-6-8-18(11-16)30-14-22(25)24-19(13-23(26)29-5)17-9-10-20(27-3)21(12-17)28-4/h6-12,15,19H,13-14H2,1-5H3,(H,24,25). The predicted octanol–water partition coefficient (Wildman–Crippen LogP) is 3.63. The van der Waals surface area contributed by atoms with Crippen LogP contribution in [0, 0.1) is 0 Å². The molecule has 1 atom stereocenters. The van der Waals surface area contributed by atoms with Gasteiger partial charge >= 0.3 is 5.97 Å². The Morgan fingerprint density at radius 3 is 2.30 bits per heavy atom. The summed E-state index contributed by atoms with van der Waals surface area (Å²) in [5.74, 6) is 1.23. The van der Waals surface area contributed by atoms with Gasteiger partial charge in [-0.2, -0.15) is 0 Å². The number of nitrogens with one attached hydrogen (secondary N) is 1. The maximum atomic E-state index is 12.5. The van der Waals surface area contributed by atoms with E-state index in [0.717, 1.165) is 5.56 Å². The van der Waals surface area contributed by atoms with Crippen LogP contribution >= 0.6 is 0 Å². The van der Waals surface area contributed by atoms with E-state index in [1.807, 2.05) is 18.2 Å². The average Bonchev–Trinajstić information content (AvgIpc) is 2.76. The molecule has 0 radical (unpaired) electrons. The lowest BCUT2D eigenvalue weighted by Crippen LogP contribution is -2.34. The quantitative estimate of drug-likeness (QED) is 0.597. The van der Waals surface area contributed by atoms with Crippen molar-refractivity contribution in [3.05, 3.63) is 53.6 Å². The van der Waals surface area contributed by atoms with Gasteiger partial charge in [0.15, 0.2) is 18.1 Å². The molecule has 0 heterocycles. The molecular weight excluding hydrogens is 386 g/mol. The van der Waals surface area contributed by atoms with E-state index in [0.29, 0.717) is 28.7 Å². The summed E-state index contributed by atoms with van der Waals surface area (Å²) < 4.78 is 21.0. The molecule has 162 valence electrons. The van der Waals surface area contributed by atoms with Gasteiger partial charge in [0.1, 0.15) is 5.75 Å². The molecule has 30 heavy (non-hydrogen) atoms. The summed E-state index contributed by atoms with van der Waals surface area (Å²) in [5, 5.41) is 2.83. The maximum absolute atomic E-state index is 12.5. The summed E-state index contributed by atoms with van der Waals surface area (Å²) in [5.41, 5.74) is 1.81. The van der Waals surface area contributed by atoms with Crippen molar-refractivity contribution >= 4 is 11.9 Å². The molecule has 1 N–H and O–H groups in total. The number of hydrogen-bond acceptors (Lipinski definition) is 6. The minimum Gasteiger partial charge on any atom is -0.493 e. The van der Waals surface area contributed by atoms with Gasteiger partial charge in [-0.15, -0.1) is 0 Å². The van der Waals surface area contributed by atoms with Crippen LogP contribution in [0.15, 0.2) is 42.5 Å². The van der Waals surface area contributed by atoms with Gasteiger partial charge in [0, 0.05) is 0 Å². The van der Waals surface area contributed by atoms with Crippen LogP contribution < -0.4 is 19.5 Å². The van der Waals surface area contributed by atoms with Gasteiger partial charge in [0.2, 0.25) is 0 Å². The number of carbonyl (C=O) groups is 2. The Morgan fingerprint density at radius 1 is 0.933 bits per heavy atom. The smallest absolute Gasteiger partial charge is 0.307 e. The van der Waals surface area contributed by atoms with Crippen LogP contribution in [0.2, 0.25) is 0 Å². The van der Waals surface area contributed by atoms with Crippen molar-refractivity contribution in [3.8, 4) is 17.2 Å². The molecule has 0 aromatic heterocycles. The highest BCUT2D eigenvalue weighted by atomic mass is 16.5. The Morgan fingerprint density at radius 2 is 1.67 bits per heavy atom. The third-order valence-electron chi connectivity index (χ3n) is 4.64. The first kappa shape index (κ1) is 23.1. The molecule has 0 bridgehead atoms. The third-order valence-corrected chi connectivity index (χ3v) is 4.64. The Kier molecular flexibility index (Phi) is 8.53. The number of amides is 1. The van der Waals surface area contributed by atoms with E-state index in [1.54, 1.807) is 24.3 Å². The largest absolute Gasteiger partial charge is 0.493 e. The lowest BCUT2D eigenvalue weighted by atomic mass is 10.0. The van der Waals surface area contributed by atoms with Crippen molar-refractivity contribution in [3.63, 3.8) is 0 Å². The van der Waals surface area contributed by atoms with Gasteiger partial charge in [-0.1, -0.05) is 32.0 Å². The molecule has 7 nitrogen and oxygen atoms in total. The van der Waals surface area contributed by atoms with Crippen LogP contribution in [0.4, 0.5) is 0 Å². The highest BCUT2D eigenvalue weighted by Gasteiger charge is 2.21. The van der Waals surface area contributed by atoms with E-state index in [1.165, 1.54) is 21.3 Å². The van der Waals surface area contributed by atoms with Crippen molar-refractivity contribution in [2.75, 3.05) is 27.9 Å². The molecule has 0 fully saturated rings. The van der Waals surface area contributed by atoms with Gasteiger partial charge in [-0.05, 0) is 41.3 Å². The number of benzene rings is 2. The summed E-state index contributed by atoms with van der Waals surface area (Å²) >= 11 is 0. The minimum atomic E-state index is -0.602. The Labute approximate surface area is 177 Å². The number of methoxy groups -OCH3 is 3. The van der Waals surface area contributed by atoms with Gasteiger partial charge in [0.25, 0.3) is 5.91 Å². The van der Waals surface area contributed by atoms with Crippen molar-refractivity contribution in [2.24, 2.45) is 0 Å². The number of hydrogen-bond donors (Lipinski definition) is 1. The molecule has 0 aliphatic carbocycles. The van der Waals surface area contributed by atoms with E-state index >= 15 is 0 Å². The van der Waals surface area contributed by atoms with E-state index in [4.69, 9.17) is 18.9 Å². The summed E-state index contributed by atoms with van der Waals surface area (Å²) in [4.78, 5) is 24.4. The first-order valence-electron chi connectivity index (χ1n) is 9.68. The molecule has 0 saturated carbocycles. The highest BCUT2D eigenvalue weighted by molar-refractivity contribution is 5.79. The maximum Gasteiger partial charge on any atom is 0.307 e. The highest BCUT2D eigenvalue weighted by Crippen LogP contribution is 2.31. The van der Waals surface area contributed by atoms with Crippen LogP contribution in [0.3, 0.4) is 0 Å². The zero-order chi connectivity index (χ0) is 22.1. The predicted molar refractivity (Wildman–Crippen MR) is 113 cm³/mol. The fourth-order valence-corrected chi connectivity index (χ4v) is 2.92. The van der Waals surface area contributed by atoms with E-state index in [9.17, 15) is 9.59 Å². The molecule has 0 spiro atoms. The zero-order valence-corrected chi connectivity index (χ0v) is 18.1. The van der Waals surface area contributed by atoms with E-state index < -0.39 is 12.0 Å². The fourth-order valence-electron chi connectivity index (χ4n) is 2.92. The van der Waals surface area contributed by atoms with E-state index in [2.05, 4.69) is 19.2 Å². The summed E-state index contributed by atoms with van der Waals surface area (Å²) in [6.07, 6.45) is -0.0272. The molecule has 2 aromatic carbocycles. The summed E-state index contributed by atoms with van der Waals surface area (Å²) in [6.45, 7) is 4.01. The van der Waals surface area contributed by atoms with Crippen molar-refractivity contribution < 1.29 is 28.5 Å². The van der Waals surface area contributed by atoms with Crippen LogP contribution in [-0.2, 0) is 14.3 Å². The lowest BCUT2D eigenvalue weighted by molar-refractivity contribution is -0.141. The molecule has 7 heteroatoms. The molecule has 1 amide bonds. The molecule has 0 aliphatic rings. The molecule has 2 rings (SSSR count). The number of rotatable bonds is 10. The lowest BCUT2D eigenvalue weighted by Gasteiger charge is -2.20. The number of ether oxygens (including phenoxy) is 4. The van der Waals surface area contributed by atoms with Gasteiger partial charge in [-0.25, -0.2) is 0 Å². The molecule has 2 aromatic rings.